The first-order valence-corrected chi connectivity index (χ1v) is 7.51. The van der Waals surface area contributed by atoms with E-state index in [9.17, 15) is 4.79 Å². The van der Waals surface area contributed by atoms with Crippen LogP contribution in [0.25, 0.3) is 0 Å². The van der Waals surface area contributed by atoms with Crippen molar-refractivity contribution in [1.82, 2.24) is 9.55 Å². The van der Waals surface area contributed by atoms with Gasteiger partial charge >= 0.3 is 5.97 Å². The Hall–Kier alpha value is -1.78. The van der Waals surface area contributed by atoms with Gasteiger partial charge in [-0.3, -0.25) is 0 Å². The number of imidazole rings is 1. The highest BCUT2D eigenvalue weighted by molar-refractivity contribution is 6.35. The van der Waals surface area contributed by atoms with E-state index in [4.69, 9.17) is 27.9 Å². The minimum atomic E-state index is -0.527. The Morgan fingerprint density at radius 2 is 2.23 bits per heavy atom. The van der Waals surface area contributed by atoms with E-state index in [1.54, 1.807) is 56.8 Å². The summed E-state index contributed by atoms with van der Waals surface area (Å²) in [4.78, 5) is 16.1. The van der Waals surface area contributed by atoms with Crippen LogP contribution in [-0.2, 0) is 16.1 Å². The van der Waals surface area contributed by atoms with Crippen molar-refractivity contribution in [2.45, 2.75) is 26.5 Å². The molecule has 0 bridgehead atoms. The van der Waals surface area contributed by atoms with Gasteiger partial charge in [-0.1, -0.05) is 35.3 Å². The third kappa shape index (κ3) is 4.12. The summed E-state index contributed by atoms with van der Waals surface area (Å²) >= 11 is 12.2. The zero-order chi connectivity index (χ0) is 16.1. The van der Waals surface area contributed by atoms with Crippen molar-refractivity contribution >= 4 is 29.2 Å². The van der Waals surface area contributed by atoms with Gasteiger partial charge in [0, 0.05) is 33.6 Å². The molecule has 0 aliphatic rings. The first-order chi connectivity index (χ1) is 10.5. The number of aromatic nitrogens is 2. The van der Waals surface area contributed by atoms with Gasteiger partial charge in [0.2, 0.25) is 0 Å². The molecule has 6 heteroatoms. The number of allylic oxidation sites excluding steroid dienone is 1. The maximum atomic E-state index is 12.1. The molecule has 2 rings (SSSR count). The number of nitrogens with zero attached hydrogens (tertiary/aromatic N) is 2. The van der Waals surface area contributed by atoms with E-state index < -0.39 is 6.10 Å². The second kappa shape index (κ2) is 7.47. The maximum absolute atomic E-state index is 12.1. The number of ether oxygens (including phenoxy) is 1. The molecule has 22 heavy (non-hydrogen) atoms. The average molecular weight is 339 g/mol. The lowest BCUT2D eigenvalue weighted by molar-refractivity contribution is -0.145. The van der Waals surface area contributed by atoms with E-state index in [2.05, 4.69) is 4.98 Å². The Morgan fingerprint density at radius 3 is 2.82 bits per heavy atom. The van der Waals surface area contributed by atoms with E-state index in [1.165, 1.54) is 0 Å². The van der Waals surface area contributed by atoms with Crippen molar-refractivity contribution in [2.75, 3.05) is 0 Å². The molecule has 1 unspecified atom stereocenters. The molecule has 1 heterocycles. The standard InChI is InChI=1S/C16H16Cl2N2O2/c1-3-11(2)16(21)22-15(9-20-7-6-19-10-20)13-5-4-12(17)8-14(13)18/h3-8,10,15H,9H2,1-2H3/b11-3+. The molecule has 0 radical (unpaired) electrons. The third-order valence-corrected chi connectivity index (χ3v) is 3.81. The van der Waals surface area contributed by atoms with Crippen molar-refractivity contribution < 1.29 is 9.53 Å². The Morgan fingerprint density at radius 1 is 1.45 bits per heavy atom. The molecule has 0 saturated carbocycles. The normalized spacial score (nSPS) is 13.0. The molecule has 0 N–H and O–H groups in total. The lowest BCUT2D eigenvalue weighted by Crippen LogP contribution is -2.17. The van der Waals surface area contributed by atoms with Crippen molar-refractivity contribution in [2.24, 2.45) is 0 Å². The molecule has 4 nitrogen and oxygen atoms in total. The molecule has 0 aliphatic heterocycles. The first-order valence-electron chi connectivity index (χ1n) is 6.76. The van der Waals surface area contributed by atoms with E-state index in [-0.39, 0.29) is 5.97 Å². The monoisotopic (exact) mass is 338 g/mol. The van der Waals surface area contributed by atoms with Crippen LogP contribution in [0.1, 0.15) is 25.5 Å². The summed E-state index contributed by atoms with van der Waals surface area (Å²) in [7, 11) is 0. The fraction of sp³-hybridized carbons (Fsp3) is 0.250. The highest BCUT2D eigenvalue weighted by atomic mass is 35.5. The van der Waals surface area contributed by atoms with Crippen LogP contribution in [0.15, 0.2) is 48.6 Å². The molecule has 0 spiro atoms. The summed E-state index contributed by atoms with van der Waals surface area (Å²) in [6.45, 7) is 3.92. The lowest BCUT2D eigenvalue weighted by atomic mass is 10.1. The zero-order valence-electron chi connectivity index (χ0n) is 12.3. The smallest absolute Gasteiger partial charge is 0.334 e. The van der Waals surface area contributed by atoms with E-state index in [1.807, 2.05) is 4.57 Å². The third-order valence-electron chi connectivity index (χ3n) is 3.25. The summed E-state index contributed by atoms with van der Waals surface area (Å²) in [5.74, 6) is -0.376. The number of carbonyl (C=O) groups is 1. The Balaban J connectivity index is 2.30. The molecular formula is C16H16Cl2N2O2. The molecule has 1 aromatic carbocycles. The number of carbonyl (C=O) groups excluding carboxylic acids is 1. The quantitative estimate of drug-likeness (QED) is 0.597. The number of rotatable bonds is 5. The molecule has 2 aromatic rings. The van der Waals surface area contributed by atoms with Gasteiger partial charge in [0.15, 0.2) is 0 Å². The number of hydrogen-bond acceptors (Lipinski definition) is 3. The van der Waals surface area contributed by atoms with Gasteiger partial charge in [-0.15, -0.1) is 0 Å². The predicted octanol–water partition coefficient (Wildman–Crippen LogP) is 4.44. The van der Waals surface area contributed by atoms with Crippen LogP contribution in [-0.4, -0.2) is 15.5 Å². The molecule has 116 valence electrons. The topological polar surface area (TPSA) is 44.1 Å². The second-order valence-electron chi connectivity index (χ2n) is 4.79. The van der Waals surface area contributed by atoms with Gasteiger partial charge in [0.1, 0.15) is 6.10 Å². The molecule has 0 fully saturated rings. The number of esters is 1. The van der Waals surface area contributed by atoms with Gasteiger partial charge in [0.05, 0.1) is 12.9 Å². The summed E-state index contributed by atoms with van der Waals surface area (Å²) in [5.41, 5.74) is 1.25. The molecule has 0 aliphatic carbocycles. The minimum Gasteiger partial charge on any atom is -0.452 e. The fourth-order valence-electron chi connectivity index (χ4n) is 1.89. The first kappa shape index (κ1) is 16.6. The van der Waals surface area contributed by atoms with Gasteiger partial charge in [0.25, 0.3) is 0 Å². The van der Waals surface area contributed by atoms with Crippen LogP contribution in [0.4, 0.5) is 0 Å². The Bertz CT molecular complexity index is 681. The SMILES string of the molecule is C/C=C(\C)C(=O)OC(Cn1ccnc1)c1ccc(Cl)cc1Cl. The highest BCUT2D eigenvalue weighted by Gasteiger charge is 2.21. The van der Waals surface area contributed by atoms with Gasteiger partial charge in [-0.25, -0.2) is 9.78 Å². The summed E-state index contributed by atoms with van der Waals surface area (Å²) in [5, 5.41) is 0.995. The maximum Gasteiger partial charge on any atom is 0.334 e. The largest absolute Gasteiger partial charge is 0.452 e. The van der Waals surface area contributed by atoms with Gasteiger partial charge in [-0.05, 0) is 26.0 Å². The van der Waals surface area contributed by atoms with Crippen LogP contribution >= 0.6 is 23.2 Å². The number of halogens is 2. The predicted molar refractivity (Wildman–Crippen MR) is 87.0 cm³/mol. The van der Waals surface area contributed by atoms with Crippen LogP contribution in [0.5, 0.6) is 0 Å². The van der Waals surface area contributed by atoms with Crippen LogP contribution < -0.4 is 0 Å². The average Bonchev–Trinajstić information content (AvgIpc) is 2.98. The summed E-state index contributed by atoms with van der Waals surface area (Å²) < 4.78 is 7.43. The summed E-state index contributed by atoms with van der Waals surface area (Å²) in [6.07, 6.45) is 6.31. The van der Waals surface area contributed by atoms with Gasteiger partial charge in [-0.2, -0.15) is 0 Å². The lowest BCUT2D eigenvalue weighted by Gasteiger charge is -2.20. The van der Waals surface area contributed by atoms with Crippen LogP contribution in [0.2, 0.25) is 10.0 Å². The number of hydrogen-bond donors (Lipinski definition) is 0. The van der Waals surface area contributed by atoms with E-state index in [0.29, 0.717) is 27.7 Å². The van der Waals surface area contributed by atoms with Crippen molar-refractivity contribution in [1.29, 1.82) is 0 Å². The van der Waals surface area contributed by atoms with Crippen LogP contribution in [0.3, 0.4) is 0 Å². The summed E-state index contributed by atoms with van der Waals surface area (Å²) in [6, 6.07) is 5.13. The molecule has 1 atom stereocenters. The van der Waals surface area contributed by atoms with Crippen molar-refractivity contribution in [3.05, 3.63) is 64.2 Å². The number of benzene rings is 1. The Labute approximate surface area is 139 Å². The van der Waals surface area contributed by atoms with Gasteiger partial charge < -0.3 is 9.30 Å². The molecule has 1 aromatic heterocycles. The second-order valence-corrected chi connectivity index (χ2v) is 5.63. The van der Waals surface area contributed by atoms with E-state index >= 15 is 0 Å². The minimum absolute atomic E-state index is 0.376. The fourth-order valence-corrected chi connectivity index (χ4v) is 2.42. The van der Waals surface area contributed by atoms with Crippen molar-refractivity contribution in [3.63, 3.8) is 0 Å². The highest BCUT2D eigenvalue weighted by Crippen LogP contribution is 2.30. The Kier molecular flexibility index (Phi) is 5.63. The van der Waals surface area contributed by atoms with Crippen molar-refractivity contribution in [3.8, 4) is 0 Å². The van der Waals surface area contributed by atoms with E-state index in [0.717, 1.165) is 0 Å². The molecule has 0 amide bonds. The van der Waals surface area contributed by atoms with Crippen LogP contribution in [0, 0.1) is 0 Å². The molecular weight excluding hydrogens is 323 g/mol. The zero-order valence-corrected chi connectivity index (χ0v) is 13.8. The molecule has 0 saturated heterocycles.